The number of carbonyl (C=O) groups is 2. The van der Waals surface area contributed by atoms with Crippen LogP contribution in [0.15, 0.2) is 47.0 Å². The van der Waals surface area contributed by atoms with Crippen LogP contribution in [-0.2, 0) is 4.79 Å². The third-order valence-electron chi connectivity index (χ3n) is 5.38. The Bertz CT molecular complexity index is 1110. The molecule has 8 heteroatoms. The van der Waals surface area contributed by atoms with Crippen LogP contribution >= 0.6 is 0 Å². The van der Waals surface area contributed by atoms with Crippen molar-refractivity contribution in [2.24, 2.45) is 0 Å². The molecule has 7 nitrogen and oxygen atoms in total. The summed E-state index contributed by atoms with van der Waals surface area (Å²) >= 11 is 0. The second kappa shape index (κ2) is 8.67. The highest BCUT2D eigenvalue weighted by atomic mass is 19.1. The van der Waals surface area contributed by atoms with E-state index in [-0.39, 0.29) is 23.5 Å². The quantitative estimate of drug-likeness (QED) is 0.682. The van der Waals surface area contributed by atoms with Crippen LogP contribution in [-0.4, -0.2) is 39.9 Å². The maximum atomic E-state index is 13.9. The molecule has 4 rings (SSSR count). The molecule has 2 aromatic carbocycles. The highest BCUT2D eigenvalue weighted by Crippen LogP contribution is 2.29. The molecule has 1 aliphatic heterocycles. The largest absolute Gasteiger partial charge is 0.339 e. The number of hydrogen-bond donors (Lipinski definition) is 1. The molecule has 31 heavy (non-hydrogen) atoms. The monoisotopic (exact) mass is 422 g/mol. The zero-order valence-corrected chi connectivity index (χ0v) is 17.4. The summed E-state index contributed by atoms with van der Waals surface area (Å²) in [4.78, 5) is 30.2. The van der Waals surface area contributed by atoms with E-state index < -0.39 is 0 Å². The van der Waals surface area contributed by atoms with Crippen molar-refractivity contribution < 1.29 is 18.5 Å². The summed E-state index contributed by atoms with van der Waals surface area (Å²) < 4.78 is 19.4. The van der Waals surface area contributed by atoms with Gasteiger partial charge in [-0.25, -0.2) is 4.39 Å². The average molecular weight is 422 g/mol. The van der Waals surface area contributed by atoms with Gasteiger partial charge in [-0.05, 0) is 61.7 Å². The van der Waals surface area contributed by atoms with Crippen molar-refractivity contribution in [1.82, 2.24) is 15.0 Å². The fourth-order valence-corrected chi connectivity index (χ4v) is 3.70. The molecule has 2 amide bonds. The molecule has 3 aromatic rings. The van der Waals surface area contributed by atoms with E-state index in [1.807, 2.05) is 12.1 Å². The Labute approximate surface area is 179 Å². The van der Waals surface area contributed by atoms with Crippen molar-refractivity contribution in [2.75, 3.05) is 18.4 Å². The van der Waals surface area contributed by atoms with Gasteiger partial charge in [-0.1, -0.05) is 11.2 Å². The van der Waals surface area contributed by atoms with E-state index in [1.54, 1.807) is 36.1 Å². The Hall–Kier alpha value is -3.55. The molecule has 0 unspecified atom stereocenters. The first-order chi connectivity index (χ1) is 14.9. The van der Waals surface area contributed by atoms with Crippen LogP contribution < -0.4 is 5.32 Å². The van der Waals surface area contributed by atoms with Crippen LogP contribution in [0.5, 0.6) is 0 Å². The number of nitrogens with one attached hydrogen (secondary N) is 1. The SMILES string of the molecule is CC(=O)Nc1ccc(-c2noc([C@@H]3CCCN(C(=O)c4ccc(C)c(F)c4)C3)n2)cc1. The van der Waals surface area contributed by atoms with Crippen LogP contribution in [0.25, 0.3) is 11.4 Å². The van der Waals surface area contributed by atoms with Gasteiger partial charge in [-0.3, -0.25) is 9.59 Å². The van der Waals surface area contributed by atoms with Gasteiger partial charge in [-0.2, -0.15) is 4.98 Å². The van der Waals surface area contributed by atoms with Crippen LogP contribution in [0.4, 0.5) is 10.1 Å². The highest BCUT2D eigenvalue weighted by molar-refractivity contribution is 5.94. The predicted molar refractivity (Wildman–Crippen MR) is 113 cm³/mol. The first kappa shape index (κ1) is 20.7. The van der Waals surface area contributed by atoms with Crippen molar-refractivity contribution in [3.8, 4) is 11.4 Å². The topological polar surface area (TPSA) is 88.3 Å². The van der Waals surface area contributed by atoms with Gasteiger partial charge in [0.25, 0.3) is 5.91 Å². The molecule has 0 bridgehead atoms. The van der Waals surface area contributed by atoms with E-state index in [0.29, 0.717) is 41.6 Å². The van der Waals surface area contributed by atoms with Gasteiger partial charge >= 0.3 is 0 Å². The van der Waals surface area contributed by atoms with Gasteiger partial charge in [0.1, 0.15) is 5.82 Å². The highest BCUT2D eigenvalue weighted by Gasteiger charge is 2.29. The minimum absolute atomic E-state index is 0.0760. The molecule has 0 saturated carbocycles. The fraction of sp³-hybridized carbons (Fsp3) is 0.304. The molecule has 160 valence electrons. The molecule has 1 aromatic heterocycles. The number of aromatic nitrogens is 2. The number of benzene rings is 2. The smallest absolute Gasteiger partial charge is 0.253 e. The van der Waals surface area contributed by atoms with Gasteiger partial charge in [0, 0.05) is 36.8 Å². The molecule has 0 aliphatic carbocycles. The number of amides is 2. The Kier molecular flexibility index (Phi) is 5.79. The van der Waals surface area contributed by atoms with Crippen molar-refractivity contribution in [2.45, 2.75) is 32.6 Å². The maximum Gasteiger partial charge on any atom is 0.253 e. The lowest BCUT2D eigenvalue weighted by atomic mass is 9.97. The number of piperidine rings is 1. The predicted octanol–water partition coefficient (Wildman–Crippen LogP) is 4.16. The third kappa shape index (κ3) is 4.63. The molecule has 1 atom stereocenters. The molecule has 1 fully saturated rings. The Morgan fingerprint density at radius 3 is 2.68 bits per heavy atom. The second-order valence-electron chi connectivity index (χ2n) is 7.77. The van der Waals surface area contributed by atoms with Crippen LogP contribution in [0.2, 0.25) is 0 Å². The fourth-order valence-electron chi connectivity index (χ4n) is 3.70. The number of hydrogen-bond acceptors (Lipinski definition) is 5. The number of aryl methyl sites for hydroxylation is 1. The average Bonchev–Trinajstić information content (AvgIpc) is 3.26. The van der Waals surface area contributed by atoms with Gasteiger partial charge in [0.05, 0.1) is 5.92 Å². The third-order valence-corrected chi connectivity index (χ3v) is 5.38. The number of rotatable bonds is 4. The summed E-state index contributed by atoms with van der Waals surface area (Å²) in [6.45, 7) is 4.17. The van der Waals surface area contributed by atoms with Gasteiger partial charge < -0.3 is 14.7 Å². The maximum absolute atomic E-state index is 13.9. The molecule has 0 radical (unpaired) electrons. The number of likely N-dealkylation sites (tertiary alicyclic amines) is 1. The summed E-state index contributed by atoms with van der Waals surface area (Å²) in [5.41, 5.74) is 2.31. The van der Waals surface area contributed by atoms with E-state index in [0.717, 1.165) is 18.4 Å². The van der Waals surface area contributed by atoms with Gasteiger partial charge in [-0.15, -0.1) is 0 Å². The second-order valence-corrected chi connectivity index (χ2v) is 7.77. The normalized spacial score (nSPS) is 16.2. The minimum atomic E-state index is -0.384. The van der Waals surface area contributed by atoms with E-state index in [9.17, 15) is 14.0 Å². The van der Waals surface area contributed by atoms with E-state index >= 15 is 0 Å². The first-order valence-corrected chi connectivity index (χ1v) is 10.2. The molecule has 2 heterocycles. The van der Waals surface area contributed by atoms with Crippen LogP contribution in [0, 0.1) is 12.7 Å². The van der Waals surface area contributed by atoms with E-state index in [2.05, 4.69) is 15.5 Å². The zero-order chi connectivity index (χ0) is 22.0. The molecule has 1 saturated heterocycles. The summed E-state index contributed by atoms with van der Waals surface area (Å²) in [5.74, 6) is 0.136. The van der Waals surface area contributed by atoms with Crippen molar-refractivity contribution in [3.05, 3.63) is 65.3 Å². The number of anilines is 1. The molecular weight excluding hydrogens is 399 g/mol. The number of carbonyl (C=O) groups excluding carboxylic acids is 2. The first-order valence-electron chi connectivity index (χ1n) is 10.2. The molecule has 0 spiro atoms. The standard InChI is InChI=1S/C23H23FN4O3/c1-14-5-6-17(12-20(14)24)23(30)28-11-3-4-18(13-28)22-26-21(27-31-22)16-7-9-19(10-8-16)25-15(2)29/h5-10,12,18H,3-4,11,13H2,1-2H3,(H,25,29)/t18-/m1/s1. The minimum Gasteiger partial charge on any atom is -0.339 e. The summed E-state index contributed by atoms with van der Waals surface area (Å²) in [6.07, 6.45) is 1.63. The Balaban J connectivity index is 1.46. The number of halogens is 1. The van der Waals surface area contributed by atoms with E-state index in [4.69, 9.17) is 4.52 Å². The van der Waals surface area contributed by atoms with Crippen molar-refractivity contribution >= 4 is 17.5 Å². The Morgan fingerprint density at radius 1 is 1.19 bits per heavy atom. The summed E-state index contributed by atoms with van der Waals surface area (Å²) in [5, 5.41) is 6.79. The van der Waals surface area contributed by atoms with Crippen LogP contribution in [0.1, 0.15) is 47.5 Å². The van der Waals surface area contributed by atoms with Gasteiger partial charge in [0.2, 0.25) is 17.6 Å². The lowest BCUT2D eigenvalue weighted by Gasteiger charge is -2.31. The Morgan fingerprint density at radius 2 is 1.97 bits per heavy atom. The van der Waals surface area contributed by atoms with Gasteiger partial charge in [0.15, 0.2) is 0 Å². The lowest BCUT2D eigenvalue weighted by Crippen LogP contribution is -2.39. The van der Waals surface area contributed by atoms with Crippen LogP contribution in [0.3, 0.4) is 0 Å². The van der Waals surface area contributed by atoms with E-state index in [1.165, 1.54) is 13.0 Å². The molecule has 1 N–H and O–H groups in total. The lowest BCUT2D eigenvalue weighted by molar-refractivity contribution is -0.114. The zero-order valence-electron chi connectivity index (χ0n) is 17.4. The molecule has 1 aliphatic rings. The summed E-state index contributed by atoms with van der Waals surface area (Å²) in [7, 11) is 0. The summed E-state index contributed by atoms with van der Waals surface area (Å²) in [6, 6.07) is 11.7. The molecular formula is C23H23FN4O3. The van der Waals surface area contributed by atoms with Crippen molar-refractivity contribution in [1.29, 1.82) is 0 Å². The number of nitrogens with zero attached hydrogens (tertiary/aromatic N) is 3. The van der Waals surface area contributed by atoms with Crippen molar-refractivity contribution in [3.63, 3.8) is 0 Å².